The molecule has 12 heavy (non-hydrogen) atoms. The van der Waals surface area contributed by atoms with Gasteiger partial charge in [0.2, 0.25) is 0 Å². The lowest BCUT2D eigenvalue weighted by Crippen LogP contribution is -2.06. The molecule has 2 rings (SSSR count). The molecular formula is C8H10BrClN2. The minimum atomic E-state index is 0. The highest BCUT2D eigenvalue weighted by molar-refractivity contribution is 9.10. The third kappa shape index (κ3) is 1.63. The van der Waals surface area contributed by atoms with Gasteiger partial charge in [-0.2, -0.15) is 0 Å². The van der Waals surface area contributed by atoms with Crippen molar-refractivity contribution in [2.75, 3.05) is 0 Å². The summed E-state index contributed by atoms with van der Waals surface area (Å²) in [5, 5.41) is 0. The topological polar surface area (TPSA) is 38.9 Å². The van der Waals surface area contributed by atoms with Crippen molar-refractivity contribution in [2.45, 2.75) is 18.9 Å². The number of hydrogen-bond acceptors (Lipinski definition) is 2. The van der Waals surface area contributed by atoms with Gasteiger partial charge in [0.1, 0.15) is 0 Å². The van der Waals surface area contributed by atoms with Crippen LogP contribution in [0.1, 0.15) is 23.7 Å². The fourth-order valence-corrected chi connectivity index (χ4v) is 1.85. The largest absolute Gasteiger partial charge is 0.323 e. The summed E-state index contributed by atoms with van der Waals surface area (Å²) in [6.45, 7) is 0. The highest BCUT2D eigenvalue weighted by Crippen LogP contribution is 2.28. The number of aryl methyl sites for hydroxylation is 1. The van der Waals surface area contributed by atoms with E-state index in [1.54, 1.807) is 0 Å². The molecule has 0 unspecified atom stereocenters. The van der Waals surface area contributed by atoms with Crippen molar-refractivity contribution in [3.63, 3.8) is 0 Å². The maximum Gasteiger partial charge on any atom is 0.0603 e. The molecule has 1 aromatic rings. The second kappa shape index (κ2) is 3.73. The van der Waals surface area contributed by atoms with Gasteiger partial charge < -0.3 is 5.73 Å². The summed E-state index contributed by atoms with van der Waals surface area (Å²) in [4.78, 5) is 4.27. The third-order valence-corrected chi connectivity index (χ3v) is 2.48. The predicted molar refractivity (Wildman–Crippen MR) is 54.4 cm³/mol. The highest BCUT2D eigenvalue weighted by Gasteiger charge is 2.19. The van der Waals surface area contributed by atoms with E-state index in [1.165, 1.54) is 5.56 Å². The molecule has 0 fully saturated rings. The van der Waals surface area contributed by atoms with E-state index in [-0.39, 0.29) is 18.4 Å². The SMILES string of the molecule is Cl.N[C@H]1CCc2cc(Br)cnc21. The monoisotopic (exact) mass is 248 g/mol. The van der Waals surface area contributed by atoms with Crippen LogP contribution in [0.15, 0.2) is 16.7 Å². The lowest BCUT2D eigenvalue weighted by molar-refractivity contribution is 0.697. The van der Waals surface area contributed by atoms with Crippen LogP contribution < -0.4 is 5.73 Å². The molecule has 0 radical (unpaired) electrons. The van der Waals surface area contributed by atoms with Crippen molar-refractivity contribution in [2.24, 2.45) is 5.73 Å². The molecule has 1 heterocycles. The maximum atomic E-state index is 5.82. The van der Waals surface area contributed by atoms with Crippen LogP contribution >= 0.6 is 28.3 Å². The summed E-state index contributed by atoms with van der Waals surface area (Å²) >= 11 is 3.38. The van der Waals surface area contributed by atoms with E-state index in [0.29, 0.717) is 0 Å². The van der Waals surface area contributed by atoms with Gasteiger partial charge in [-0.3, -0.25) is 4.98 Å². The molecule has 1 atom stereocenters. The standard InChI is InChI=1S/C8H9BrN2.ClH/c9-6-3-5-1-2-7(10)8(5)11-4-6;/h3-4,7H,1-2,10H2;1H/t7-;/m0./s1. The smallest absolute Gasteiger partial charge is 0.0603 e. The Labute approximate surface area is 86.1 Å². The quantitative estimate of drug-likeness (QED) is 0.766. The van der Waals surface area contributed by atoms with Crippen LogP contribution in [0.3, 0.4) is 0 Å². The van der Waals surface area contributed by atoms with E-state index in [4.69, 9.17) is 5.73 Å². The molecule has 1 aromatic heterocycles. The van der Waals surface area contributed by atoms with Gasteiger partial charge in [0.25, 0.3) is 0 Å². The van der Waals surface area contributed by atoms with Gasteiger partial charge in [0.05, 0.1) is 5.69 Å². The van der Waals surface area contributed by atoms with E-state index in [0.717, 1.165) is 23.0 Å². The van der Waals surface area contributed by atoms with Crippen molar-refractivity contribution in [1.82, 2.24) is 4.98 Å². The van der Waals surface area contributed by atoms with E-state index in [2.05, 4.69) is 27.0 Å². The first-order valence-corrected chi connectivity index (χ1v) is 4.46. The average molecular weight is 250 g/mol. The van der Waals surface area contributed by atoms with Gasteiger partial charge in [0.15, 0.2) is 0 Å². The summed E-state index contributed by atoms with van der Waals surface area (Å²) in [5.41, 5.74) is 8.19. The molecule has 0 saturated heterocycles. The number of fused-ring (bicyclic) bond motifs is 1. The van der Waals surface area contributed by atoms with Gasteiger partial charge in [-0.1, -0.05) is 0 Å². The second-order valence-electron chi connectivity index (χ2n) is 2.84. The number of rotatable bonds is 0. The predicted octanol–water partition coefficient (Wildman–Crippen LogP) is 2.21. The van der Waals surface area contributed by atoms with E-state index in [9.17, 15) is 0 Å². The molecule has 0 aliphatic heterocycles. The van der Waals surface area contributed by atoms with Crippen LogP contribution in [0.4, 0.5) is 0 Å². The maximum absolute atomic E-state index is 5.82. The van der Waals surface area contributed by atoms with Crippen molar-refractivity contribution in [3.8, 4) is 0 Å². The molecular weight excluding hydrogens is 239 g/mol. The van der Waals surface area contributed by atoms with Crippen molar-refractivity contribution in [3.05, 3.63) is 28.0 Å². The molecule has 2 nitrogen and oxygen atoms in total. The summed E-state index contributed by atoms with van der Waals surface area (Å²) in [6, 6.07) is 2.27. The van der Waals surface area contributed by atoms with Gasteiger partial charge in [0, 0.05) is 16.7 Å². The van der Waals surface area contributed by atoms with Gasteiger partial charge in [-0.25, -0.2) is 0 Å². The van der Waals surface area contributed by atoms with Crippen LogP contribution in [-0.2, 0) is 6.42 Å². The second-order valence-corrected chi connectivity index (χ2v) is 3.76. The molecule has 0 spiro atoms. The minimum absolute atomic E-state index is 0. The zero-order chi connectivity index (χ0) is 7.84. The van der Waals surface area contributed by atoms with Crippen molar-refractivity contribution < 1.29 is 0 Å². The molecule has 1 aliphatic rings. The van der Waals surface area contributed by atoms with Gasteiger partial charge >= 0.3 is 0 Å². The summed E-state index contributed by atoms with van der Waals surface area (Å²) < 4.78 is 1.05. The Balaban J connectivity index is 0.000000720. The molecule has 0 bridgehead atoms. The summed E-state index contributed by atoms with van der Waals surface area (Å²) in [6.07, 6.45) is 3.92. The Morgan fingerprint density at radius 2 is 2.33 bits per heavy atom. The van der Waals surface area contributed by atoms with Crippen LogP contribution in [-0.4, -0.2) is 4.98 Å². The number of nitrogens with zero attached hydrogens (tertiary/aromatic N) is 1. The fraction of sp³-hybridized carbons (Fsp3) is 0.375. The Hall–Kier alpha value is -0.120. The Kier molecular flexibility index (Phi) is 3.09. The van der Waals surface area contributed by atoms with E-state index < -0.39 is 0 Å². The van der Waals surface area contributed by atoms with E-state index in [1.807, 2.05) is 6.20 Å². The summed E-state index contributed by atoms with van der Waals surface area (Å²) in [7, 11) is 0. The normalized spacial score (nSPS) is 20.0. The number of nitrogens with two attached hydrogens (primary N) is 1. The van der Waals surface area contributed by atoms with Crippen LogP contribution in [0.2, 0.25) is 0 Å². The van der Waals surface area contributed by atoms with Gasteiger partial charge in [-0.05, 0) is 40.4 Å². The third-order valence-electron chi connectivity index (χ3n) is 2.04. The van der Waals surface area contributed by atoms with Gasteiger partial charge in [-0.15, -0.1) is 12.4 Å². The van der Waals surface area contributed by atoms with Crippen molar-refractivity contribution in [1.29, 1.82) is 0 Å². The average Bonchev–Trinajstić information content (AvgIpc) is 2.32. The number of pyridine rings is 1. The number of hydrogen-bond donors (Lipinski definition) is 1. The zero-order valence-corrected chi connectivity index (χ0v) is 8.86. The molecule has 0 amide bonds. The van der Waals surface area contributed by atoms with Crippen LogP contribution in [0.25, 0.3) is 0 Å². The highest BCUT2D eigenvalue weighted by atomic mass is 79.9. The molecule has 1 aliphatic carbocycles. The number of halogens is 2. The zero-order valence-electron chi connectivity index (χ0n) is 6.46. The number of aromatic nitrogens is 1. The lowest BCUT2D eigenvalue weighted by atomic mass is 10.2. The Morgan fingerprint density at radius 3 is 3.08 bits per heavy atom. The molecule has 66 valence electrons. The Morgan fingerprint density at radius 1 is 1.58 bits per heavy atom. The van der Waals surface area contributed by atoms with Crippen LogP contribution in [0, 0.1) is 0 Å². The molecule has 0 saturated carbocycles. The van der Waals surface area contributed by atoms with Crippen LogP contribution in [0.5, 0.6) is 0 Å². The van der Waals surface area contributed by atoms with E-state index >= 15 is 0 Å². The summed E-state index contributed by atoms with van der Waals surface area (Å²) in [5.74, 6) is 0. The Bertz CT molecular complexity index is 290. The lowest BCUT2D eigenvalue weighted by Gasteiger charge is -2.01. The fourth-order valence-electron chi connectivity index (χ4n) is 1.47. The van der Waals surface area contributed by atoms with Crippen molar-refractivity contribution >= 4 is 28.3 Å². The molecule has 2 N–H and O–H groups in total. The molecule has 0 aromatic carbocycles. The molecule has 4 heteroatoms. The first-order valence-electron chi connectivity index (χ1n) is 3.67. The first-order chi connectivity index (χ1) is 5.27. The first kappa shape index (κ1) is 9.96. The minimum Gasteiger partial charge on any atom is -0.323 e.